The van der Waals surface area contributed by atoms with Gasteiger partial charge in [-0.1, -0.05) is 25.6 Å². The third kappa shape index (κ3) is 4.35. The largest absolute Gasteiger partial charge is 0.432 e. The zero-order valence-electron chi connectivity index (χ0n) is 16.6. The first-order valence-electron chi connectivity index (χ1n) is 8.47. The number of hydrogen-bond acceptors (Lipinski definition) is 4. The highest BCUT2D eigenvalue weighted by Gasteiger charge is 2.38. The Labute approximate surface area is 168 Å². The van der Waals surface area contributed by atoms with Crippen molar-refractivity contribution in [3.63, 3.8) is 0 Å². The van der Waals surface area contributed by atoms with Crippen LogP contribution in [0.15, 0.2) is 21.7 Å². The van der Waals surface area contributed by atoms with Crippen LogP contribution in [0.4, 0.5) is 23.2 Å². The molecular weight excluding hydrogens is 426 g/mol. The van der Waals surface area contributed by atoms with Gasteiger partial charge in [0.15, 0.2) is 0 Å². The second kappa shape index (κ2) is 7.56. The van der Waals surface area contributed by atoms with E-state index >= 15 is 0 Å². The van der Waals surface area contributed by atoms with E-state index in [-0.39, 0.29) is 14.7 Å². The lowest BCUT2D eigenvalue weighted by atomic mass is 10.1. The summed E-state index contributed by atoms with van der Waals surface area (Å²) in [5.74, 6) is 1.34. The molecule has 0 saturated carbocycles. The number of nitrogens with zero attached hydrogens (tertiary/aromatic N) is 3. The lowest BCUT2D eigenvalue weighted by molar-refractivity contribution is -0.385. The van der Waals surface area contributed by atoms with Crippen LogP contribution in [0, 0.1) is 34.3 Å². The molecule has 1 aromatic carbocycles. The predicted molar refractivity (Wildman–Crippen MR) is 104 cm³/mol. The van der Waals surface area contributed by atoms with Crippen LogP contribution in [0.5, 0.6) is 0 Å². The van der Waals surface area contributed by atoms with E-state index in [1.54, 1.807) is 0 Å². The number of nitro groups is 1. The third-order valence-corrected chi connectivity index (χ3v) is 4.91. The van der Waals surface area contributed by atoms with E-state index in [4.69, 9.17) is 0 Å². The molecule has 160 valence electrons. The van der Waals surface area contributed by atoms with Gasteiger partial charge in [0.2, 0.25) is 0 Å². The second-order valence-electron chi connectivity index (χ2n) is 7.53. The van der Waals surface area contributed by atoms with Gasteiger partial charge < -0.3 is 0 Å². The van der Waals surface area contributed by atoms with E-state index in [0.29, 0.717) is 12.1 Å². The topological polar surface area (TPSA) is 87.1 Å². The smallest absolute Gasteiger partial charge is 0.292 e. The molecule has 0 bridgehead atoms. The van der Waals surface area contributed by atoms with Crippen LogP contribution in [-0.4, -0.2) is 22.1 Å². The van der Waals surface area contributed by atoms with Gasteiger partial charge >= 0.3 is 11.9 Å². The zero-order valence-corrected chi connectivity index (χ0v) is 17.6. The Hall–Kier alpha value is -3.20. The first-order chi connectivity index (χ1) is 13.6. The Morgan fingerprint density at radius 2 is 1.73 bits per heavy atom. The quantitative estimate of drug-likeness (QED) is 0.235. The molecular formula is C18H17F4N3O4Si. The number of alkyl halides is 3. The molecule has 2 rings (SSSR count). The van der Waals surface area contributed by atoms with Crippen LogP contribution in [0.3, 0.4) is 0 Å². The van der Waals surface area contributed by atoms with Gasteiger partial charge in [-0.3, -0.25) is 19.5 Å². The van der Waals surface area contributed by atoms with Gasteiger partial charge in [0.05, 0.1) is 10.6 Å². The van der Waals surface area contributed by atoms with Crippen LogP contribution in [0.1, 0.15) is 16.8 Å². The van der Waals surface area contributed by atoms with Crippen molar-refractivity contribution >= 4 is 13.8 Å². The van der Waals surface area contributed by atoms with Crippen molar-refractivity contribution in [1.29, 1.82) is 0 Å². The molecule has 1 aromatic heterocycles. The van der Waals surface area contributed by atoms with Gasteiger partial charge in [-0.25, -0.2) is 13.8 Å². The molecule has 2 aromatic rings. The van der Waals surface area contributed by atoms with Crippen molar-refractivity contribution in [2.45, 2.75) is 32.7 Å². The molecule has 0 saturated heterocycles. The molecule has 1 heterocycles. The molecule has 0 N–H and O–H groups in total. The molecule has 0 fully saturated rings. The van der Waals surface area contributed by atoms with Gasteiger partial charge in [0.1, 0.15) is 25.1 Å². The van der Waals surface area contributed by atoms with Crippen LogP contribution in [-0.2, 0) is 13.2 Å². The molecule has 7 nitrogen and oxygen atoms in total. The summed E-state index contributed by atoms with van der Waals surface area (Å²) in [7, 11) is -1.20. The summed E-state index contributed by atoms with van der Waals surface area (Å²) in [4.78, 5) is 35.5. The monoisotopic (exact) mass is 443 g/mol. The predicted octanol–water partition coefficient (Wildman–Crippen LogP) is 3.14. The normalized spacial score (nSPS) is 11.8. The van der Waals surface area contributed by atoms with Gasteiger partial charge in [-0.15, -0.1) is 5.54 Å². The summed E-state index contributed by atoms with van der Waals surface area (Å²) in [5, 5.41) is 11.4. The average molecular weight is 443 g/mol. The Bertz CT molecular complexity index is 1190. The van der Waals surface area contributed by atoms with Crippen molar-refractivity contribution in [2.24, 2.45) is 7.05 Å². The number of hydrogen-bond donors (Lipinski definition) is 0. The van der Waals surface area contributed by atoms with Crippen molar-refractivity contribution in [3.8, 4) is 17.2 Å². The van der Waals surface area contributed by atoms with E-state index in [1.165, 1.54) is 0 Å². The molecule has 0 atom stereocenters. The van der Waals surface area contributed by atoms with E-state index in [0.717, 1.165) is 14.0 Å². The SMILES string of the molecule is Cc1c(C(F)(F)F)n(C)c(=O)n(-c2cc([N+](=O)[O-])c(C#C[Si](C)(C)C)cc2F)c1=O. The van der Waals surface area contributed by atoms with Gasteiger partial charge in [0, 0.05) is 18.7 Å². The van der Waals surface area contributed by atoms with Gasteiger partial charge in [0.25, 0.3) is 11.2 Å². The average Bonchev–Trinajstić information content (AvgIpc) is 2.57. The number of halogens is 4. The van der Waals surface area contributed by atoms with Gasteiger partial charge in [-0.05, 0) is 13.0 Å². The number of benzene rings is 1. The molecule has 0 aliphatic heterocycles. The molecule has 0 aliphatic rings. The lowest BCUT2D eigenvalue weighted by Crippen LogP contribution is -2.43. The summed E-state index contributed by atoms with van der Waals surface area (Å²) in [6.07, 6.45) is -5.00. The maximum atomic E-state index is 14.7. The molecule has 12 heteroatoms. The Balaban J connectivity index is 2.92. The van der Waals surface area contributed by atoms with Crippen molar-refractivity contribution in [3.05, 3.63) is 65.7 Å². The lowest BCUT2D eigenvalue weighted by Gasteiger charge is -2.17. The minimum atomic E-state index is -5.00. The molecule has 0 spiro atoms. The highest BCUT2D eigenvalue weighted by molar-refractivity contribution is 6.83. The Morgan fingerprint density at radius 3 is 2.20 bits per heavy atom. The zero-order chi connectivity index (χ0) is 23.2. The molecule has 0 radical (unpaired) electrons. The summed E-state index contributed by atoms with van der Waals surface area (Å²) in [6.45, 7) is 6.43. The number of rotatable bonds is 2. The van der Waals surface area contributed by atoms with E-state index in [1.807, 2.05) is 19.6 Å². The summed E-state index contributed by atoms with van der Waals surface area (Å²) < 4.78 is 54.7. The van der Waals surface area contributed by atoms with Crippen LogP contribution in [0.2, 0.25) is 19.6 Å². The number of nitro benzene ring substituents is 1. The Morgan fingerprint density at radius 1 is 1.17 bits per heavy atom. The van der Waals surface area contributed by atoms with Crippen LogP contribution >= 0.6 is 0 Å². The highest BCUT2D eigenvalue weighted by atomic mass is 28.3. The summed E-state index contributed by atoms with van der Waals surface area (Å²) >= 11 is 0. The minimum absolute atomic E-state index is 0.141. The maximum Gasteiger partial charge on any atom is 0.432 e. The fraction of sp³-hybridized carbons (Fsp3) is 0.333. The highest BCUT2D eigenvalue weighted by Crippen LogP contribution is 2.30. The fourth-order valence-corrected chi connectivity index (χ4v) is 3.21. The third-order valence-electron chi connectivity index (χ3n) is 4.04. The Kier molecular flexibility index (Phi) is 5.82. The van der Waals surface area contributed by atoms with Crippen LogP contribution < -0.4 is 11.2 Å². The van der Waals surface area contributed by atoms with Crippen molar-refractivity contribution in [2.75, 3.05) is 0 Å². The standard InChI is InChI=1S/C18H17F4N3O4Si/c1-10-15(18(20,21)22)23(2)17(27)24(16(10)26)14-9-13(25(28)29)11(8-12(14)19)6-7-30(3,4)5/h8-9H,1-5H3. The molecule has 0 amide bonds. The van der Waals surface area contributed by atoms with E-state index in [2.05, 4.69) is 11.5 Å². The fourth-order valence-electron chi connectivity index (χ4n) is 2.70. The van der Waals surface area contributed by atoms with Crippen LogP contribution in [0.25, 0.3) is 5.69 Å². The molecule has 0 aliphatic carbocycles. The first-order valence-corrected chi connectivity index (χ1v) is 12.0. The minimum Gasteiger partial charge on any atom is -0.292 e. The molecule has 0 unspecified atom stereocenters. The first kappa shape index (κ1) is 23.1. The summed E-state index contributed by atoms with van der Waals surface area (Å²) in [5.41, 5.74) is -4.19. The summed E-state index contributed by atoms with van der Waals surface area (Å²) in [6, 6.07) is 1.32. The second-order valence-corrected chi connectivity index (χ2v) is 12.3. The van der Waals surface area contributed by atoms with Crippen molar-refractivity contribution in [1.82, 2.24) is 9.13 Å². The van der Waals surface area contributed by atoms with Gasteiger partial charge in [-0.2, -0.15) is 13.2 Å². The van der Waals surface area contributed by atoms with E-state index in [9.17, 15) is 37.3 Å². The van der Waals surface area contributed by atoms with E-state index < -0.39 is 58.9 Å². The molecule has 30 heavy (non-hydrogen) atoms. The maximum absolute atomic E-state index is 14.7. The number of aromatic nitrogens is 2. The van der Waals surface area contributed by atoms with Crippen molar-refractivity contribution < 1.29 is 22.5 Å².